The first-order chi connectivity index (χ1) is 7.95. The second-order valence-corrected chi connectivity index (χ2v) is 5.29. The SMILES string of the molecule is C=S(N)(=O)c1ccc(/C(C)=C/NC)cc1.CC. The van der Waals surface area contributed by atoms with Crippen LogP contribution >= 0.6 is 0 Å². The Balaban J connectivity index is 0.00000121. The Labute approximate surface area is 105 Å². The largest absolute Gasteiger partial charge is 0.394 e. The number of nitrogens with two attached hydrogens (primary N) is 1. The standard InChI is InChI=1S/C11H16N2OS.C2H6/c1-9(8-13-2)10-4-6-11(7-5-10)15(3,12)14;1-2/h4-8,13H,3H2,1-2H3,(H2,12,14);1-2H3/b9-8+;. The lowest BCUT2D eigenvalue weighted by atomic mass is 10.1. The van der Waals surface area contributed by atoms with Gasteiger partial charge in [0.1, 0.15) is 0 Å². The Bertz CT molecular complexity index is 459. The quantitative estimate of drug-likeness (QED) is 0.813. The van der Waals surface area contributed by atoms with Gasteiger partial charge in [-0.3, -0.25) is 5.14 Å². The first kappa shape index (κ1) is 15.7. The summed E-state index contributed by atoms with van der Waals surface area (Å²) >= 11 is 0. The van der Waals surface area contributed by atoms with Gasteiger partial charge in [0.25, 0.3) is 0 Å². The molecule has 0 saturated carbocycles. The fourth-order valence-corrected chi connectivity index (χ4v) is 1.84. The highest BCUT2D eigenvalue weighted by Crippen LogP contribution is 2.15. The first-order valence-corrected chi connectivity index (χ1v) is 7.33. The summed E-state index contributed by atoms with van der Waals surface area (Å²) in [6, 6.07) is 7.27. The van der Waals surface area contributed by atoms with Gasteiger partial charge in [-0.1, -0.05) is 26.0 Å². The van der Waals surface area contributed by atoms with Crippen LogP contribution in [0.15, 0.2) is 35.4 Å². The van der Waals surface area contributed by atoms with E-state index in [0.717, 1.165) is 11.1 Å². The van der Waals surface area contributed by atoms with Crippen molar-refractivity contribution in [2.24, 2.45) is 5.14 Å². The van der Waals surface area contributed by atoms with Crippen LogP contribution in [0.3, 0.4) is 0 Å². The molecule has 1 aromatic rings. The fourth-order valence-electron chi connectivity index (χ4n) is 1.25. The maximum Gasteiger partial charge on any atom is 0.0507 e. The highest BCUT2D eigenvalue weighted by molar-refractivity contribution is 7.98. The van der Waals surface area contributed by atoms with Crippen molar-refractivity contribution < 1.29 is 4.21 Å². The molecule has 0 aliphatic rings. The summed E-state index contributed by atoms with van der Waals surface area (Å²) in [5.41, 5.74) is 2.17. The summed E-state index contributed by atoms with van der Waals surface area (Å²) in [6.07, 6.45) is 1.90. The zero-order valence-corrected chi connectivity index (χ0v) is 11.8. The number of hydrogen-bond acceptors (Lipinski definition) is 2. The van der Waals surface area contributed by atoms with Crippen LogP contribution < -0.4 is 10.5 Å². The summed E-state index contributed by atoms with van der Waals surface area (Å²) in [4.78, 5) is 0.573. The zero-order chi connectivity index (χ0) is 13.5. The van der Waals surface area contributed by atoms with E-state index < -0.39 is 9.71 Å². The third-order valence-corrected chi connectivity index (χ3v) is 3.14. The third kappa shape index (κ3) is 5.06. The van der Waals surface area contributed by atoms with Crippen LogP contribution in [-0.4, -0.2) is 17.1 Å². The molecule has 3 nitrogen and oxygen atoms in total. The van der Waals surface area contributed by atoms with Gasteiger partial charge in [0.15, 0.2) is 0 Å². The normalized spacial score (nSPS) is 14.3. The number of benzene rings is 1. The molecule has 0 radical (unpaired) electrons. The van der Waals surface area contributed by atoms with Crippen LogP contribution in [0.2, 0.25) is 0 Å². The molecule has 17 heavy (non-hydrogen) atoms. The van der Waals surface area contributed by atoms with Crippen molar-refractivity contribution in [3.05, 3.63) is 36.0 Å². The molecule has 1 atom stereocenters. The lowest BCUT2D eigenvalue weighted by Crippen LogP contribution is -2.11. The molecule has 1 rings (SSSR count). The van der Waals surface area contributed by atoms with Gasteiger partial charge in [-0.25, -0.2) is 4.21 Å². The van der Waals surface area contributed by atoms with E-state index in [1.807, 2.05) is 46.2 Å². The lowest BCUT2D eigenvalue weighted by Gasteiger charge is -2.05. The van der Waals surface area contributed by atoms with Crippen molar-refractivity contribution in [3.63, 3.8) is 0 Å². The Hall–Kier alpha value is -1.26. The molecule has 0 amide bonds. The second-order valence-electron chi connectivity index (χ2n) is 3.37. The minimum Gasteiger partial charge on any atom is -0.394 e. The van der Waals surface area contributed by atoms with E-state index in [1.165, 1.54) is 0 Å². The molecule has 0 heterocycles. The minimum atomic E-state index is -2.59. The number of rotatable bonds is 3. The Morgan fingerprint density at radius 2 is 1.82 bits per heavy atom. The van der Waals surface area contributed by atoms with Crippen LogP contribution in [-0.2, 0) is 9.71 Å². The molecule has 0 saturated heterocycles. The fraction of sp³-hybridized carbons (Fsp3) is 0.308. The van der Waals surface area contributed by atoms with Crippen molar-refractivity contribution >= 4 is 21.2 Å². The molecule has 1 aromatic carbocycles. The molecule has 0 aromatic heterocycles. The minimum absolute atomic E-state index is 0.573. The summed E-state index contributed by atoms with van der Waals surface area (Å²) < 4.78 is 11.4. The van der Waals surface area contributed by atoms with Gasteiger partial charge in [0.2, 0.25) is 0 Å². The number of hydrogen-bond donors (Lipinski definition) is 2. The smallest absolute Gasteiger partial charge is 0.0507 e. The van der Waals surface area contributed by atoms with E-state index in [-0.39, 0.29) is 0 Å². The van der Waals surface area contributed by atoms with Crippen molar-refractivity contribution in [2.45, 2.75) is 25.7 Å². The third-order valence-electron chi connectivity index (χ3n) is 2.07. The molecule has 0 fully saturated rings. The zero-order valence-electron chi connectivity index (χ0n) is 11.0. The number of allylic oxidation sites excluding steroid dienone is 1. The Morgan fingerprint density at radius 1 is 1.35 bits per heavy atom. The van der Waals surface area contributed by atoms with Gasteiger partial charge < -0.3 is 5.32 Å². The molecule has 0 aliphatic heterocycles. The van der Waals surface area contributed by atoms with Gasteiger partial charge in [-0.05, 0) is 42.3 Å². The summed E-state index contributed by atoms with van der Waals surface area (Å²) in [5.74, 6) is 3.43. The Morgan fingerprint density at radius 3 is 2.18 bits per heavy atom. The highest BCUT2D eigenvalue weighted by atomic mass is 32.2. The molecular weight excluding hydrogens is 232 g/mol. The summed E-state index contributed by atoms with van der Waals surface area (Å²) in [6.45, 7) is 6.00. The van der Waals surface area contributed by atoms with Gasteiger partial charge in [0, 0.05) is 11.9 Å². The van der Waals surface area contributed by atoms with Gasteiger partial charge in [-0.15, -0.1) is 0 Å². The van der Waals surface area contributed by atoms with Gasteiger partial charge in [-0.2, -0.15) is 0 Å². The second kappa shape index (κ2) is 7.14. The molecule has 96 valence electrons. The van der Waals surface area contributed by atoms with Crippen molar-refractivity contribution in [3.8, 4) is 0 Å². The van der Waals surface area contributed by atoms with Crippen LogP contribution in [0.1, 0.15) is 26.3 Å². The number of nitrogens with one attached hydrogen (secondary N) is 1. The molecule has 0 bridgehead atoms. The predicted octanol–water partition coefficient (Wildman–Crippen LogP) is 2.24. The van der Waals surface area contributed by atoms with Crippen molar-refractivity contribution in [2.75, 3.05) is 7.05 Å². The molecule has 3 N–H and O–H groups in total. The molecule has 1 unspecified atom stereocenters. The highest BCUT2D eigenvalue weighted by Gasteiger charge is 2.01. The average molecular weight is 254 g/mol. The van der Waals surface area contributed by atoms with E-state index in [9.17, 15) is 4.21 Å². The maximum atomic E-state index is 11.4. The predicted molar refractivity (Wildman–Crippen MR) is 78.2 cm³/mol. The van der Waals surface area contributed by atoms with Crippen LogP contribution in [0.4, 0.5) is 0 Å². The molecule has 0 aliphatic carbocycles. The van der Waals surface area contributed by atoms with Crippen molar-refractivity contribution in [1.29, 1.82) is 0 Å². The maximum absolute atomic E-state index is 11.4. The topological polar surface area (TPSA) is 55.1 Å². The van der Waals surface area contributed by atoms with Gasteiger partial charge in [0.05, 0.1) is 9.71 Å². The van der Waals surface area contributed by atoms with E-state index in [0.29, 0.717) is 4.90 Å². The lowest BCUT2D eigenvalue weighted by molar-refractivity contribution is 0.682. The summed E-state index contributed by atoms with van der Waals surface area (Å²) in [7, 11) is -0.745. The van der Waals surface area contributed by atoms with Crippen LogP contribution in [0.25, 0.3) is 5.57 Å². The molecular formula is C13H22N2OS. The molecule has 0 spiro atoms. The monoisotopic (exact) mass is 254 g/mol. The van der Waals surface area contributed by atoms with Crippen LogP contribution in [0, 0.1) is 0 Å². The van der Waals surface area contributed by atoms with Crippen LogP contribution in [0.5, 0.6) is 0 Å². The molecule has 4 heteroatoms. The van der Waals surface area contributed by atoms with E-state index >= 15 is 0 Å². The Kier molecular flexibility index (Phi) is 6.61. The van der Waals surface area contributed by atoms with Crippen molar-refractivity contribution in [1.82, 2.24) is 5.32 Å². The van der Waals surface area contributed by atoms with E-state index in [4.69, 9.17) is 5.14 Å². The van der Waals surface area contributed by atoms with Gasteiger partial charge >= 0.3 is 0 Å². The summed E-state index contributed by atoms with van der Waals surface area (Å²) in [5, 5.41) is 8.39. The average Bonchev–Trinajstić information content (AvgIpc) is 2.31. The van der Waals surface area contributed by atoms with E-state index in [2.05, 4.69) is 11.2 Å². The first-order valence-electron chi connectivity index (χ1n) is 5.54. The van der Waals surface area contributed by atoms with E-state index in [1.54, 1.807) is 12.1 Å².